The van der Waals surface area contributed by atoms with E-state index in [1.165, 1.54) is 41.3 Å². The number of anilines is 2. The van der Waals surface area contributed by atoms with Gasteiger partial charge in [-0.2, -0.15) is 0 Å². The van der Waals surface area contributed by atoms with Crippen molar-refractivity contribution in [2.45, 2.75) is 170 Å². The minimum atomic E-state index is -4.71. The molecule has 2 fully saturated rings. The molecule has 0 spiro atoms. The lowest BCUT2D eigenvalue weighted by molar-refractivity contribution is -0.151. The summed E-state index contributed by atoms with van der Waals surface area (Å²) in [5, 5.41) is 17.9. The zero-order valence-corrected chi connectivity index (χ0v) is 49.4. The van der Waals surface area contributed by atoms with E-state index in [1.807, 2.05) is 30.3 Å². The number of nitrogens with one attached hydrogen (secondary N) is 4. The number of rotatable bonds is 24. The minimum absolute atomic E-state index is 0.00323. The van der Waals surface area contributed by atoms with Crippen LogP contribution in [0.3, 0.4) is 0 Å². The third kappa shape index (κ3) is 16.0. The number of benzene rings is 4. The molecule has 8 rings (SSSR count). The Balaban J connectivity index is 1.20. The average Bonchev–Trinajstić information content (AvgIpc) is 3.98. The monoisotopic (exact) mass is 1190 g/mol. The first-order valence-electron chi connectivity index (χ1n) is 27.6. The zero-order chi connectivity index (χ0) is 59.0. The summed E-state index contributed by atoms with van der Waals surface area (Å²) in [5.74, 6) is -0.148. The molecule has 2 aliphatic rings. The van der Waals surface area contributed by atoms with E-state index in [2.05, 4.69) is 30.6 Å². The Morgan fingerprint density at radius 3 is 1.77 bits per heavy atom. The number of hydrogen-bond acceptors (Lipinski definition) is 15. The SMILES string of the molecule is CC(C)(C)OC(=O)N(C(Cc1ccccc1)C(CN(OC1CCCC1)S(=O)(=O)c1ccc2nc(NC(=O)CCCl)[nH]c2c1)OC(=O)N[C@@H](Cc1ccccc1)[C@@H](O)CN(OC1CCCC1)S(=O)(=O)c1ccc2nc(N)[nH]c2c1)C(C)(C)C. The van der Waals surface area contributed by atoms with Gasteiger partial charge in [-0.15, -0.1) is 11.6 Å². The number of nitrogens with two attached hydrogens (primary N) is 1. The fourth-order valence-corrected chi connectivity index (χ4v) is 13.0. The van der Waals surface area contributed by atoms with E-state index in [9.17, 15) is 23.1 Å². The van der Waals surface area contributed by atoms with Crippen molar-refractivity contribution in [2.75, 3.05) is 30.0 Å². The normalized spacial score (nSPS) is 16.4. The summed E-state index contributed by atoms with van der Waals surface area (Å²) in [6.45, 7) is 9.16. The van der Waals surface area contributed by atoms with Crippen molar-refractivity contribution in [1.29, 1.82) is 0 Å². The Hall–Kier alpha value is -6.38. The number of aromatic amines is 2. The molecule has 3 amide bonds. The number of imidazole rings is 2. The number of hydrogen-bond donors (Lipinski definition) is 6. The first kappa shape index (κ1) is 61.7. The van der Waals surface area contributed by atoms with Gasteiger partial charge in [0.2, 0.25) is 11.9 Å². The molecule has 4 atom stereocenters. The number of nitrogens with zero attached hydrogens (tertiary/aromatic N) is 5. The van der Waals surface area contributed by atoms with Crippen molar-refractivity contribution in [1.82, 2.24) is 39.1 Å². The Morgan fingerprint density at radius 2 is 1.24 bits per heavy atom. The van der Waals surface area contributed by atoms with Gasteiger partial charge in [-0.1, -0.05) is 95.3 Å². The van der Waals surface area contributed by atoms with Crippen LogP contribution in [-0.4, -0.2) is 140 Å². The van der Waals surface area contributed by atoms with Gasteiger partial charge in [-0.05, 0) is 128 Å². The number of aromatic nitrogens is 4. The van der Waals surface area contributed by atoms with Crippen molar-refractivity contribution in [2.24, 2.45) is 0 Å². The van der Waals surface area contributed by atoms with E-state index >= 15 is 13.2 Å². The molecule has 0 bridgehead atoms. The van der Waals surface area contributed by atoms with E-state index in [0.717, 1.165) is 34.6 Å². The van der Waals surface area contributed by atoms with Gasteiger partial charge in [0.05, 0.1) is 75.3 Å². The fraction of sp³-hybridized carbons (Fsp3) is 0.491. The van der Waals surface area contributed by atoms with Crippen molar-refractivity contribution in [3.05, 3.63) is 108 Å². The number of fused-ring (bicyclic) bond motifs is 2. The van der Waals surface area contributed by atoms with Crippen LogP contribution >= 0.6 is 11.6 Å². The number of amides is 3. The zero-order valence-electron chi connectivity index (χ0n) is 47.0. The first-order valence-corrected chi connectivity index (χ1v) is 31.0. The second-order valence-electron chi connectivity index (χ2n) is 22.8. The molecule has 0 saturated heterocycles. The van der Waals surface area contributed by atoms with Gasteiger partial charge in [-0.25, -0.2) is 36.4 Å². The van der Waals surface area contributed by atoms with Crippen LogP contribution in [0.2, 0.25) is 0 Å². The molecule has 2 aliphatic carbocycles. The lowest BCUT2D eigenvalue weighted by Gasteiger charge is -2.45. The molecule has 0 radical (unpaired) electrons. The molecule has 2 unspecified atom stereocenters. The van der Waals surface area contributed by atoms with Gasteiger partial charge in [0.1, 0.15) is 11.7 Å². The molecule has 2 saturated carbocycles. The van der Waals surface area contributed by atoms with Crippen molar-refractivity contribution >= 4 is 83.7 Å². The van der Waals surface area contributed by atoms with E-state index in [0.29, 0.717) is 53.4 Å². The summed E-state index contributed by atoms with van der Waals surface area (Å²) in [6, 6.07) is 24.0. The van der Waals surface area contributed by atoms with Gasteiger partial charge < -0.3 is 35.6 Å². The minimum Gasteiger partial charge on any atom is -0.444 e. The van der Waals surface area contributed by atoms with Crippen LogP contribution in [0.1, 0.15) is 110 Å². The number of aliphatic hydroxyl groups excluding tert-OH is 1. The summed E-state index contributed by atoms with van der Waals surface area (Å²) in [4.78, 5) is 70.7. The highest BCUT2D eigenvalue weighted by Crippen LogP contribution is 2.33. The molecule has 6 aromatic rings. The van der Waals surface area contributed by atoms with Crippen LogP contribution in [0, 0.1) is 0 Å². The summed E-state index contributed by atoms with van der Waals surface area (Å²) in [5.41, 5.74) is 6.59. The van der Waals surface area contributed by atoms with Gasteiger partial charge >= 0.3 is 12.2 Å². The van der Waals surface area contributed by atoms with Gasteiger partial charge in [0.25, 0.3) is 20.0 Å². The molecule has 444 valence electrons. The Morgan fingerprint density at radius 1 is 0.732 bits per heavy atom. The third-order valence-electron chi connectivity index (χ3n) is 14.1. The number of carbonyl (C=O) groups is 3. The number of halogens is 1. The number of hydroxylamine groups is 2. The topological polar surface area (TPSA) is 294 Å². The molecule has 2 heterocycles. The Kier molecular flexibility index (Phi) is 19.9. The molecule has 0 aliphatic heterocycles. The number of sulfonamides is 2. The smallest absolute Gasteiger partial charge is 0.411 e. The van der Waals surface area contributed by atoms with Crippen LogP contribution in [0.4, 0.5) is 21.5 Å². The molecule has 82 heavy (non-hydrogen) atoms. The van der Waals surface area contributed by atoms with Crippen molar-refractivity contribution in [3.8, 4) is 0 Å². The molecular formula is C57H75ClN10O12S2. The fourth-order valence-electron chi connectivity index (χ4n) is 10.2. The summed E-state index contributed by atoms with van der Waals surface area (Å²) >= 11 is 5.79. The summed E-state index contributed by atoms with van der Waals surface area (Å²) < 4.78 is 74.3. The second-order valence-corrected chi connectivity index (χ2v) is 26.8. The van der Waals surface area contributed by atoms with Crippen LogP contribution in [-0.2, 0) is 56.8 Å². The maximum atomic E-state index is 15.4. The lowest BCUT2D eigenvalue weighted by Crippen LogP contribution is -2.61. The number of H-pyrrole nitrogens is 2. The van der Waals surface area contributed by atoms with Crippen LogP contribution in [0.5, 0.6) is 0 Å². The third-order valence-corrected chi connectivity index (χ3v) is 17.6. The highest BCUT2D eigenvalue weighted by Gasteiger charge is 2.45. The number of nitrogen functional groups attached to an aromatic ring is 1. The number of alkyl halides is 1. The van der Waals surface area contributed by atoms with Crippen molar-refractivity contribution in [3.63, 3.8) is 0 Å². The first-order chi connectivity index (χ1) is 38.9. The highest BCUT2D eigenvalue weighted by molar-refractivity contribution is 7.89. The predicted molar refractivity (Wildman–Crippen MR) is 310 cm³/mol. The number of ether oxygens (including phenoxy) is 2. The maximum Gasteiger partial charge on any atom is 0.411 e. The molecule has 25 heteroatoms. The number of carbonyl (C=O) groups excluding carboxylic acids is 3. The van der Waals surface area contributed by atoms with Crippen molar-refractivity contribution < 1.29 is 55.5 Å². The molecular weight excluding hydrogens is 1120 g/mol. The quantitative estimate of drug-likeness (QED) is 0.0244. The highest BCUT2D eigenvalue weighted by atomic mass is 35.5. The average molecular weight is 1190 g/mol. The molecule has 2 aromatic heterocycles. The molecule has 22 nitrogen and oxygen atoms in total. The van der Waals surface area contributed by atoms with Crippen LogP contribution in [0.25, 0.3) is 22.1 Å². The van der Waals surface area contributed by atoms with Crippen LogP contribution < -0.4 is 16.4 Å². The molecule has 4 aromatic carbocycles. The summed E-state index contributed by atoms with van der Waals surface area (Å²) in [7, 11) is -9.23. The standard InChI is InChI=1S/C57H75ClN10O12S2/c1-56(2,3)68(55(72)78-57(4,5)6)48(32-38-19-11-8-12-20-38)50(36-67(80-40-23-15-16-24-40)82(75,76)42-26-28-44-46(34-42)63-53(62-44)65-51(70)29-30-58)77-54(71)64-47(31-37-17-9-7-10-18-37)49(69)35-66(79-39-21-13-14-22-39)81(73,74)41-25-27-43-45(33-41)61-52(59)60-43/h7-12,17-20,25-28,33-34,39-40,47-50,69H,13-16,21-24,29-32,35-36H2,1-6H3,(H,64,71)(H3,59,60,61)(H2,62,63,65,70)/t47-,48?,49-,50?/m0/s1. The molecule has 7 N–H and O–H groups in total. The summed E-state index contributed by atoms with van der Waals surface area (Å²) in [6.07, 6.45) is -0.946. The van der Waals surface area contributed by atoms with E-state index in [4.69, 9.17) is 36.5 Å². The number of aliphatic hydroxyl groups is 1. The van der Waals surface area contributed by atoms with Crippen LogP contribution in [0.15, 0.2) is 107 Å². The van der Waals surface area contributed by atoms with E-state index in [-0.39, 0.29) is 52.3 Å². The Bertz CT molecular complexity index is 3360. The van der Waals surface area contributed by atoms with E-state index in [1.54, 1.807) is 71.9 Å². The van der Waals surface area contributed by atoms with Gasteiger partial charge in [0.15, 0.2) is 5.95 Å². The lowest BCUT2D eigenvalue weighted by atomic mass is 9.94. The van der Waals surface area contributed by atoms with Gasteiger partial charge in [-0.3, -0.25) is 24.7 Å². The van der Waals surface area contributed by atoms with Gasteiger partial charge in [0, 0.05) is 17.8 Å². The number of alkyl carbamates (subject to hydrolysis) is 1. The largest absolute Gasteiger partial charge is 0.444 e. The maximum absolute atomic E-state index is 15.4. The Labute approximate surface area is 483 Å². The second kappa shape index (κ2) is 26.5. The predicted octanol–water partition coefficient (Wildman–Crippen LogP) is 8.73. The van der Waals surface area contributed by atoms with E-state index < -0.39 is 98.9 Å².